The molecule has 0 unspecified atom stereocenters. The molecule has 20 heavy (non-hydrogen) atoms. The van der Waals surface area contributed by atoms with Gasteiger partial charge in [0.25, 0.3) is 5.69 Å². The van der Waals surface area contributed by atoms with E-state index in [0.717, 1.165) is 5.56 Å². The fourth-order valence-corrected chi connectivity index (χ4v) is 1.63. The van der Waals surface area contributed by atoms with Crippen LogP contribution in [0.15, 0.2) is 42.5 Å². The minimum atomic E-state index is -1.06. The third-order valence-electron chi connectivity index (χ3n) is 2.69. The van der Waals surface area contributed by atoms with E-state index in [1.165, 1.54) is 24.3 Å². The topological polar surface area (TPSA) is 89.7 Å². The summed E-state index contributed by atoms with van der Waals surface area (Å²) >= 11 is 0. The second-order valence-electron chi connectivity index (χ2n) is 4.14. The number of nitro benzene ring substituents is 1. The molecule has 0 fully saturated rings. The largest absolute Gasteiger partial charge is 0.478 e. The molecular weight excluding hydrogens is 262 g/mol. The molecule has 0 radical (unpaired) electrons. The summed E-state index contributed by atoms with van der Waals surface area (Å²) in [5, 5.41) is 19.6. The Morgan fingerprint density at radius 3 is 2.65 bits per heavy atom. The van der Waals surface area contributed by atoms with Gasteiger partial charge in [-0.15, -0.1) is 0 Å². The maximum atomic E-state index is 10.9. The molecule has 0 heterocycles. The van der Waals surface area contributed by atoms with Gasteiger partial charge in [-0.3, -0.25) is 10.1 Å². The van der Waals surface area contributed by atoms with Crippen molar-refractivity contribution in [2.24, 2.45) is 0 Å². The minimum Gasteiger partial charge on any atom is -0.478 e. The average Bonchev–Trinajstić information content (AvgIpc) is 2.41. The summed E-state index contributed by atoms with van der Waals surface area (Å²) in [5.74, 6) is -0.429. The number of aromatic carboxylic acids is 1. The van der Waals surface area contributed by atoms with E-state index in [2.05, 4.69) is 0 Å². The lowest BCUT2D eigenvalue weighted by atomic mass is 10.2. The fraction of sp³-hybridized carbons (Fsp3) is 0.0714. The lowest BCUT2D eigenvalue weighted by molar-refractivity contribution is -0.384. The van der Waals surface area contributed by atoms with E-state index in [4.69, 9.17) is 9.84 Å². The molecule has 6 heteroatoms. The van der Waals surface area contributed by atoms with Gasteiger partial charge in [-0.2, -0.15) is 0 Å². The fourth-order valence-electron chi connectivity index (χ4n) is 1.63. The van der Waals surface area contributed by atoms with Crippen molar-refractivity contribution in [1.82, 2.24) is 0 Å². The standard InChI is InChI=1S/C14H11NO5/c1-9-5-6-11(15(18)19)8-13(9)20-12-4-2-3-10(7-12)14(16)17/h2-8H,1H3,(H,16,17). The number of carboxylic acid groups (broad SMARTS) is 1. The van der Waals surface area contributed by atoms with E-state index < -0.39 is 10.9 Å². The molecule has 0 aliphatic rings. The Morgan fingerprint density at radius 2 is 2.00 bits per heavy atom. The van der Waals surface area contributed by atoms with Crippen molar-refractivity contribution in [1.29, 1.82) is 0 Å². The molecule has 0 saturated carbocycles. The highest BCUT2D eigenvalue weighted by Crippen LogP contribution is 2.29. The molecule has 0 spiro atoms. The van der Waals surface area contributed by atoms with Crippen LogP contribution in [0.25, 0.3) is 0 Å². The molecule has 0 aliphatic carbocycles. The lowest BCUT2D eigenvalue weighted by Crippen LogP contribution is -1.97. The highest BCUT2D eigenvalue weighted by Gasteiger charge is 2.11. The number of rotatable bonds is 4. The first kappa shape index (κ1) is 13.5. The molecule has 0 saturated heterocycles. The van der Waals surface area contributed by atoms with Gasteiger partial charge in [-0.25, -0.2) is 4.79 Å². The van der Waals surface area contributed by atoms with E-state index >= 15 is 0 Å². The molecular formula is C14H11NO5. The summed E-state index contributed by atoms with van der Waals surface area (Å²) < 4.78 is 5.52. The van der Waals surface area contributed by atoms with E-state index in [9.17, 15) is 14.9 Å². The summed E-state index contributed by atoms with van der Waals surface area (Å²) in [7, 11) is 0. The summed E-state index contributed by atoms with van der Waals surface area (Å²) in [6.07, 6.45) is 0. The zero-order valence-electron chi connectivity index (χ0n) is 10.6. The van der Waals surface area contributed by atoms with Crippen molar-refractivity contribution in [2.75, 3.05) is 0 Å². The van der Waals surface area contributed by atoms with Crippen LogP contribution in [0.3, 0.4) is 0 Å². The van der Waals surface area contributed by atoms with Crippen molar-refractivity contribution < 1.29 is 19.6 Å². The second-order valence-corrected chi connectivity index (χ2v) is 4.14. The van der Waals surface area contributed by atoms with Crippen LogP contribution in [-0.4, -0.2) is 16.0 Å². The Balaban J connectivity index is 2.34. The first-order valence-electron chi connectivity index (χ1n) is 5.73. The maximum Gasteiger partial charge on any atom is 0.335 e. The number of aryl methyl sites for hydroxylation is 1. The quantitative estimate of drug-likeness (QED) is 0.681. The van der Waals surface area contributed by atoms with Crippen LogP contribution in [-0.2, 0) is 0 Å². The smallest absolute Gasteiger partial charge is 0.335 e. The van der Waals surface area contributed by atoms with Crippen LogP contribution in [0.4, 0.5) is 5.69 Å². The van der Waals surface area contributed by atoms with Crippen LogP contribution in [0, 0.1) is 17.0 Å². The third-order valence-corrected chi connectivity index (χ3v) is 2.69. The summed E-state index contributed by atoms with van der Waals surface area (Å²) in [4.78, 5) is 21.1. The second kappa shape index (κ2) is 5.40. The van der Waals surface area contributed by atoms with Crippen molar-refractivity contribution in [3.8, 4) is 11.5 Å². The van der Waals surface area contributed by atoms with Gasteiger partial charge >= 0.3 is 5.97 Å². The predicted octanol–water partition coefficient (Wildman–Crippen LogP) is 3.39. The lowest BCUT2D eigenvalue weighted by Gasteiger charge is -2.09. The maximum absolute atomic E-state index is 10.9. The molecule has 2 aromatic rings. The van der Waals surface area contributed by atoms with E-state index in [1.807, 2.05) is 0 Å². The Bertz CT molecular complexity index is 681. The molecule has 2 rings (SSSR count). The van der Waals surface area contributed by atoms with Gasteiger partial charge in [0.05, 0.1) is 16.6 Å². The highest BCUT2D eigenvalue weighted by molar-refractivity contribution is 5.88. The van der Waals surface area contributed by atoms with Crippen molar-refractivity contribution in [3.63, 3.8) is 0 Å². The van der Waals surface area contributed by atoms with Crippen molar-refractivity contribution in [2.45, 2.75) is 6.92 Å². The molecule has 0 amide bonds. The molecule has 0 aliphatic heterocycles. The van der Waals surface area contributed by atoms with Gasteiger partial charge in [-0.05, 0) is 36.8 Å². The molecule has 6 nitrogen and oxygen atoms in total. The number of benzene rings is 2. The molecule has 1 N–H and O–H groups in total. The van der Waals surface area contributed by atoms with Gasteiger partial charge in [0.2, 0.25) is 0 Å². The average molecular weight is 273 g/mol. The molecule has 0 aromatic heterocycles. The number of ether oxygens (including phenoxy) is 1. The van der Waals surface area contributed by atoms with Crippen LogP contribution in [0.5, 0.6) is 11.5 Å². The SMILES string of the molecule is Cc1ccc([N+](=O)[O-])cc1Oc1cccc(C(=O)O)c1. The van der Waals surface area contributed by atoms with Crippen LogP contribution in [0.1, 0.15) is 15.9 Å². The number of carboxylic acids is 1. The van der Waals surface area contributed by atoms with Crippen molar-refractivity contribution >= 4 is 11.7 Å². The number of hydrogen-bond donors (Lipinski definition) is 1. The van der Waals surface area contributed by atoms with E-state index in [-0.39, 0.29) is 11.3 Å². The zero-order valence-corrected chi connectivity index (χ0v) is 10.6. The Hall–Kier alpha value is -2.89. The number of non-ortho nitro benzene ring substituents is 1. The van der Waals surface area contributed by atoms with E-state index in [1.54, 1.807) is 25.1 Å². The van der Waals surface area contributed by atoms with Gasteiger partial charge in [-0.1, -0.05) is 6.07 Å². The minimum absolute atomic E-state index is 0.0833. The summed E-state index contributed by atoms with van der Waals surface area (Å²) in [6.45, 7) is 1.75. The summed E-state index contributed by atoms with van der Waals surface area (Å²) in [6, 6.07) is 10.2. The van der Waals surface area contributed by atoms with Crippen LogP contribution in [0.2, 0.25) is 0 Å². The van der Waals surface area contributed by atoms with Gasteiger partial charge in [0.15, 0.2) is 0 Å². The molecule has 102 valence electrons. The predicted molar refractivity (Wildman–Crippen MR) is 71.3 cm³/mol. The number of nitro groups is 1. The number of carbonyl (C=O) groups is 1. The number of hydrogen-bond acceptors (Lipinski definition) is 4. The highest BCUT2D eigenvalue weighted by atomic mass is 16.6. The Kier molecular flexibility index (Phi) is 3.65. The van der Waals surface area contributed by atoms with Crippen molar-refractivity contribution in [3.05, 3.63) is 63.7 Å². The monoisotopic (exact) mass is 273 g/mol. The first-order valence-corrected chi connectivity index (χ1v) is 5.73. The van der Waals surface area contributed by atoms with E-state index in [0.29, 0.717) is 11.5 Å². The van der Waals surface area contributed by atoms with Crippen LogP contribution >= 0.6 is 0 Å². The van der Waals surface area contributed by atoms with Gasteiger partial charge < -0.3 is 9.84 Å². The zero-order chi connectivity index (χ0) is 14.7. The Labute approximate surface area is 114 Å². The number of nitrogens with zero attached hydrogens (tertiary/aromatic N) is 1. The third kappa shape index (κ3) is 2.92. The Morgan fingerprint density at radius 1 is 1.25 bits per heavy atom. The molecule has 0 atom stereocenters. The van der Waals surface area contributed by atoms with Gasteiger partial charge in [0.1, 0.15) is 11.5 Å². The first-order chi connectivity index (χ1) is 9.47. The van der Waals surface area contributed by atoms with Crippen LogP contribution < -0.4 is 4.74 Å². The normalized spacial score (nSPS) is 10.1. The van der Waals surface area contributed by atoms with Gasteiger partial charge in [0, 0.05) is 6.07 Å². The molecule has 0 bridgehead atoms. The summed E-state index contributed by atoms with van der Waals surface area (Å²) in [5.41, 5.74) is 0.724. The molecule has 2 aromatic carbocycles.